The molecule has 0 saturated carbocycles. The van der Waals surface area contributed by atoms with Crippen LogP contribution in [0.15, 0.2) is 24.3 Å². The number of unbranched alkanes of at least 4 members (excludes halogenated alkanes) is 3. The zero-order chi connectivity index (χ0) is 19.4. The highest BCUT2D eigenvalue weighted by Crippen LogP contribution is 2.25. The summed E-state index contributed by atoms with van der Waals surface area (Å²) >= 11 is 0. The molecule has 0 amide bonds. The average Bonchev–Trinajstić information content (AvgIpc) is 2.97. The maximum absolute atomic E-state index is 10.4. The van der Waals surface area contributed by atoms with Crippen LogP contribution in [0.3, 0.4) is 0 Å². The third-order valence-corrected chi connectivity index (χ3v) is 4.55. The Morgan fingerprint density at radius 2 is 2.00 bits per heavy atom. The summed E-state index contributed by atoms with van der Waals surface area (Å²) < 4.78 is 5.71. The summed E-state index contributed by atoms with van der Waals surface area (Å²) in [5.74, 6) is -0.804. The summed E-state index contributed by atoms with van der Waals surface area (Å²) in [5.41, 5.74) is 0. The quantitative estimate of drug-likeness (QED) is 0.293. The van der Waals surface area contributed by atoms with E-state index in [2.05, 4.69) is 6.92 Å². The molecule has 1 saturated heterocycles. The number of rotatable bonds is 13. The first-order valence-corrected chi connectivity index (χ1v) is 9.68. The van der Waals surface area contributed by atoms with Gasteiger partial charge in [0.1, 0.15) is 6.10 Å². The first kappa shape index (κ1) is 22.8. The molecule has 0 aromatic carbocycles. The van der Waals surface area contributed by atoms with Crippen LogP contribution in [0.5, 0.6) is 0 Å². The first-order chi connectivity index (χ1) is 12.4. The van der Waals surface area contributed by atoms with Crippen molar-refractivity contribution in [3.05, 3.63) is 24.3 Å². The van der Waals surface area contributed by atoms with Crippen molar-refractivity contribution < 1.29 is 30.0 Å². The Bertz CT molecular complexity index is 448. The monoisotopic (exact) mass is 370 g/mol. The highest BCUT2D eigenvalue weighted by atomic mass is 16.5. The molecule has 0 unspecified atom stereocenters. The van der Waals surface area contributed by atoms with Gasteiger partial charge in [0, 0.05) is 12.8 Å². The largest absolute Gasteiger partial charge is 0.481 e. The number of carboxylic acid groups (broad SMARTS) is 1. The van der Waals surface area contributed by atoms with Crippen molar-refractivity contribution in [2.75, 3.05) is 0 Å². The smallest absolute Gasteiger partial charge is 0.303 e. The van der Waals surface area contributed by atoms with E-state index in [0.29, 0.717) is 32.1 Å². The van der Waals surface area contributed by atoms with E-state index in [1.165, 1.54) is 0 Å². The predicted molar refractivity (Wildman–Crippen MR) is 99.8 cm³/mol. The number of hydrogen-bond donors (Lipinski definition) is 4. The van der Waals surface area contributed by atoms with Crippen LogP contribution < -0.4 is 0 Å². The Balaban J connectivity index is 2.30. The summed E-state index contributed by atoms with van der Waals surface area (Å²) in [5, 5.41) is 38.7. The van der Waals surface area contributed by atoms with Gasteiger partial charge < -0.3 is 25.2 Å². The fourth-order valence-electron chi connectivity index (χ4n) is 2.96. The molecule has 0 bridgehead atoms. The minimum atomic E-state index is -0.804. The van der Waals surface area contributed by atoms with Gasteiger partial charge in [0.25, 0.3) is 0 Å². The molecule has 0 spiro atoms. The van der Waals surface area contributed by atoms with Gasteiger partial charge in [-0.1, -0.05) is 50.5 Å². The number of aliphatic carboxylic acids is 1. The highest BCUT2D eigenvalue weighted by Gasteiger charge is 2.35. The summed E-state index contributed by atoms with van der Waals surface area (Å²) in [6, 6.07) is 0. The van der Waals surface area contributed by atoms with E-state index in [0.717, 1.165) is 19.3 Å². The molecule has 0 aromatic rings. The second kappa shape index (κ2) is 13.0. The van der Waals surface area contributed by atoms with E-state index < -0.39 is 36.5 Å². The van der Waals surface area contributed by atoms with Gasteiger partial charge >= 0.3 is 5.97 Å². The molecule has 0 aliphatic carbocycles. The van der Waals surface area contributed by atoms with Crippen LogP contribution in [0.4, 0.5) is 0 Å². The Morgan fingerprint density at radius 3 is 2.69 bits per heavy atom. The summed E-state index contributed by atoms with van der Waals surface area (Å²) in [6.45, 7) is 2.11. The molecular formula is C20H34O6. The van der Waals surface area contributed by atoms with E-state index in [9.17, 15) is 20.1 Å². The molecular weight excluding hydrogens is 336 g/mol. The number of aliphatic hydroxyl groups is 3. The second-order valence-electron chi connectivity index (χ2n) is 6.95. The lowest BCUT2D eigenvalue weighted by Crippen LogP contribution is -2.25. The van der Waals surface area contributed by atoms with E-state index in [1.807, 2.05) is 12.2 Å². The molecule has 1 fully saturated rings. The maximum atomic E-state index is 10.4. The third-order valence-electron chi connectivity index (χ3n) is 4.55. The standard InChI is InChI=1S/C20H34O6/c1-2-3-6-9-15(21)12-13-18-17(23)14-19(26-18)16(22)10-7-4-5-8-11-20(24)25/h4,7,12-13,15-19,21-23H,2-3,5-6,8-11,14H2,1H3,(H,24,25)/b7-4-,13-12+/t15-,16+,17-,18-,19+/m0/s1. The SMILES string of the molecule is CCCCC[C@H](O)/C=C/[C@@H]1O[C@@H]([C@H](O)C/C=C\CCCC(=O)O)C[C@@H]1O. The van der Waals surface area contributed by atoms with Crippen molar-refractivity contribution in [2.24, 2.45) is 0 Å². The third kappa shape index (κ3) is 9.48. The highest BCUT2D eigenvalue weighted by molar-refractivity contribution is 5.66. The number of carbonyl (C=O) groups is 1. The van der Waals surface area contributed by atoms with Crippen LogP contribution >= 0.6 is 0 Å². The summed E-state index contributed by atoms with van der Waals surface area (Å²) in [6.07, 6.45) is 10.2. The van der Waals surface area contributed by atoms with E-state index in [4.69, 9.17) is 9.84 Å². The minimum absolute atomic E-state index is 0.142. The normalized spacial score (nSPS) is 25.9. The topological polar surface area (TPSA) is 107 Å². The summed E-state index contributed by atoms with van der Waals surface area (Å²) in [7, 11) is 0. The van der Waals surface area contributed by atoms with Gasteiger partial charge in [-0.05, 0) is 25.7 Å². The molecule has 5 atom stereocenters. The maximum Gasteiger partial charge on any atom is 0.303 e. The predicted octanol–water partition coefficient (Wildman–Crippen LogP) is 2.56. The Morgan fingerprint density at radius 1 is 1.23 bits per heavy atom. The van der Waals surface area contributed by atoms with Gasteiger partial charge in [-0.25, -0.2) is 0 Å². The molecule has 26 heavy (non-hydrogen) atoms. The fraction of sp³-hybridized carbons (Fsp3) is 0.750. The number of ether oxygens (including phenoxy) is 1. The molecule has 0 aromatic heterocycles. The van der Waals surface area contributed by atoms with E-state index in [1.54, 1.807) is 12.2 Å². The number of carboxylic acids is 1. The average molecular weight is 370 g/mol. The van der Waals surface area contributed by atoms with Gasteiger partial charge in [-0.2, -0.15) is 0 Å². The molecule has 150 valence electrons. The van der Waals surface area contributed by atoms with E-state index >= 15 is 0 Å². The van der Waals surface area contributed by atoms with Gasteiger partial charge in [-0.15, -0.1) is 0 Å². The van der Waals surface area contributed by atoms with Gasteiger partial charge in [0.2, 0.25) is 0 Å². The lowest BCUT2D eigenvalue weighted by molar-refractivity contribution is -0.137. The molecule has 0 radical (unpaired) electrons. The summed E-state index contributed by atoms with van der Waals surface area (Å²) in [4.78, 5) is 10.4. The first-order valence-electron chi connectivity index (χ1n) is 9.68. The zero-order valence-electron chi connectivity index (χ0n) is 15.7. The van der Waals surface area contributed by atoms with Crippen molar-refractivity contribution in [1.29, 1.82) is 0 Å². The van der Waals surface area contributed by atoms with Crippen LogP contribution in [-0.4, -0.2) is 56.9 Å². The number of hydrogen-bond acceptors (Lipinski definition) is 5. The second-order valence-corrected chi connectivity index (χ2v) is 6.95. The molecule has 1 aliphatic rings. The van der Waals surface area contributed by atoms with Crippen LogP contribution in [0.1, 0.15) is 64.7 Å². The molecule has 4 N–H and O–H groups in total. The van der Waals surface area contributed by atoms with Crippen molar-refractivity contribution in [2.45, 2.75) is 95.2 Å². The minimum Gasteiger partial charge on any atom is -0.481 e. The number of aliphatic hydroxyl groups excluding tert-OH is 3. The molecule has 1 aliphatic heterocycles. The lowest BCUT2D eigenvalue weighted by Gasteiger charge is -2.16. The van der Waals surface area contributed by atoms with Crippen molar-refractivity contribution >= 4 is 5.97 Å². The van der Waals surface area contributed by atoms with Crippen molar-refractivity contribution in [3.8, 4) is 0 Å². The molecule has 1 rings (SSSR count). The van der Waals surface area contributed by atoms with Gasteiger partial charge in [0.05, 0.1) is 24.4 Å². The number of allylic oxidation sites excluding steroid dienone is 1. The lowest BCUT2D eigenvalue weighted by atomic mass is 10.0. The van der Waals surface area contributed by atoms with Crippen LogP contribution in [0.2, 0.25) is 0 Å². The van der Waals surface area contributed by atoms with Gasteiger partial charge in [-0.3, -0.25) is 4.79 Å². The van der Waals surface area contributed by atoms with Crippen LogP contribution in [-0.2, 0) is 9.53 Å². The Labute approximate surface area is 156 Å². The van der Waals surface area contributed by atoms with Crippen molar-refractivity contribution in [1.82, 2.24) is 0 Å². The Hall–Kier alpha value is -1.21. The van der Waals surface area contributed by atoms with Crippen LogP contribution in [0, 0.1) is 0 Å². The van der Waals surface area contributed by atoms with Crippen LogP contribution in [0.25, 0.3) is 0 Å². The zero-order valence-corrected chi connectivity index (χ0v) is 15.7. The fourth-order valence-corrected chi connectivity index (χ4v) is 2.96. The van der Waals surface area contributed by atoms with Gasteiger partial charge in [0.15, 0.2) is 0 Å². The Kier molecular flexibility index (Phi) is 11.4. The molecule has 1 heterocycles. The molecule has 6 nitrogen and oxygen atoms in total. The van der Waals surface area contributed by atoms with Crippen molar-refractivity contribution in [3.63, 3.8) is 0 Å². The molecule has 6 heteroatoms. The van der Waals surface area contributed by atoms with E-state index in [-0.39, 0.29) is 6.42 Å².